The van der Waals surface area contributed by atoms with Crippen molar-refractivity contribution in [1.82, 2.24) is 0 Å². The first kappa shape index (κ1) is 15.9. The third-order valence-electron chi connectivity index (χ3n) is 4.33. The van der Waals surface area contributed by atoms with Gasteiger partial charge in [0, 0.05) is 17.9 Å². The Hall–Kier alpha value is -2.00. The van der Waals surface area contributed by atoms with Gasteiger partial charge in [0.05, 0.1) is 0 Å². The van der Waals surface area contributed by atoms with Crippen LogP contribution < -0.4 is 4.74 Å². The van der Waals surface area contributed by atoms with Crippen molar-refractivity contribution in [3.05, 3.63) is 64.2 Å². The standard InChI is InChI=1S/C19H19ClO3/c1-12(2)14-5-8-17-15(9-14)11-19(23-17,18(21)22)10-13-3-6-16(20)7-4-13/h3-9,12H,10-11H2,1-2H3,(H,21,22). The van der Waals surface area contributed by atoms with E-state index in [-0.39, 0.29) is 0 Å². The fourth-order valence-electron chi connectivity index (χ4n) is 2.98. The van der Waals surface area contributed by atoms with E-state index in [0.29, 0.717) is 29.5 Å². The number of benzene rings is 2. The second kappa shape index (κ2) is 5.89. The number of carboxylic acid groups (broad SMARTS) is 1. The normalized spacial score (nSPS) is 19.5. The van der Waals surface area contributed by atoms with Gasteiger partial charge in [-0.05, 0) is 40.8 Å². The molecule has 0 saturated carbocycles. The first-order valence-corrected chi connectivity index (χ1v) is 8.07. The lowest BCUT2D eigenvalue weighted by atomic mass is 9.89. The van der Waals surface area contributed by atoms with E-state index >= 15 is 0 Å². The molecule has 0 bridgehead atoms. The summed E-state index contributed by atoms with van der Waals surface area (Å²) in [5.41, 5.74) is 1.81. The first-order valence-electron chi connectivity index (χ1n) is 7.69. The van der Waals surface area contributed by atoms with E-state index in [2.05, 4.69) is 19.9 Å². The van der Waals surface area contributed by atoms with Crippen molar-refractivity contribution in [3.63, 3.8) is 0 Å². The van der Waals surface area contributed by atoms with Crippen molar-refractivity contribution in [1.29, 1.82) is 0 Å². The highest BCUT2D eigenvalue weighted by atomic mass is 35.5. The Morgan fingerprint density at radius 1 is 1.26 bits per heavy atom. The zero-order valence-corrected chi connectivity index (χ0v) is 13.9. The van der Waals surface area contributed by atoms with Crippen LogP contribution in [0.5, 0.6) is 5.75 Å². The quantitative estimate of drug-likeness (QED) is 0.900. The van der Waals surface area contributed by atoms with Gasteiger partial charge in [0.25, 0.3) is 0 Å². The molecule has 0 fully saturated rings. The van der Waals surface area contributed by atoms with Gasteiger partial charge in [0.2, 0.25) is 5.60 Å². The van der Waals surface area contributed by atoms with E-state index < -0.39 is 11.6 Å². The summed E-state index contributed by atoms with van der Waals surface area (Å²) in [6.07, 6.45) is 0.687. The predicted molar refractivity (Wildman–Crippen MR) is 90.4 cm³/mol. The Bertz CT molecular complexity index is 737. The van der Waals surface area contributed by atoms with Gasteiger partial charge in [-0.25, -0.2) is 4.79 Å². The third-order valence-corrected chi connectivity index (χ3v) is 4.58. The lowest BCUT2D eigenvalue weighted by molar-refractivity contribution is -0.153. The lowest BCUT2D eigenvalue weighted by Crippen LogP contribution is -2.45. The maximum absolute atomic E-state index is 11.9. The van der Waals surface area contributed by atoms with Crippen LogP contribution in [0.25, 0.3) is 0 Å². The number of aliphatic carboxylic acids is 1. The number of fused-ring (bicyclic) bond motifs is 1. The Balaban J connectivity index is 1.91. The average molecular weight is 331 g/mol. The van der Waals surface area contributed by atoms with E-state index in [1.807, 2.05) is 24.3 Å². The molecule has 0 spiro atoms. The molecule has 0 saturated heterocycles. The minimum absolute atomic E-state index is 0.311. The van der Waals surface area contributed by atoms with Crippen LogP contribution in [0.1, 0.15) is 36.5 Å². The van der Waals surface area contributed by atoms with Gasteiger partial charge in [-0.3, -0.25) is 0 Å². The van der Waals surface area contributed by atoms with E-state index in [1.165, 1.54) is 5.56 Å². The van der Waals surface area contributed by atoms with Gasteiger partial charge < -0.3 is 9.84 Å². The van der Waals surface area contributed by atoms with Crippen LogP contribution >= 0.6 is 11.6 Å². The topological polar surface area (TPSA) is 46.5 Å². The molecule has 3 nitrogen and oxygen atoms in total. The predicted octanol–water partition coefficient (Wildman–Crippen LogP) is 4.46. The number of halogens is 1. The second-order valence-electron chi connectivity index (χ2n) is 6.40. The minimum atomic E-state index is -1.24. The van der Waals surface area contributed by atoms with Gasteiger partial charge in [-0.15, -0.1) is 0 Å². The third kappa shape index (κ3) is 3.06. The molecule has 0 radical (unpaired) electrons. The van der Waals surface area contributed by atoms with Crippen LogP contribution in [-0.4, -0.2) is 16.7 Å². The number of hydrogen-bond acceptors (Lipinski definition) is 2. The Morgan fingerprint density at radius 3 is 2.57 bits per heavy atom. The average Bonchev–Trinajstić information content (AvgIpc) is 2.88. The highest BCUT2D eigenvalue weighted by Crippen LogP contribution is 2.39. The summed E-state index contributed by atoms with van der Waals surface area (Å²) in [6, 6.07) is 13.2. The van der Waals surface area contributed by atoms with Crippen molar-refractivity contribution in [3.8, 4) is 5.75 Å². The molecule has 1 heterocycles. The monoisotopic (exact) mass is 330 g/mol. The van der Waals surface area contributed by atoms with Gasteiger partial charge in [0.15, 0.2) is 0 Å². The highest BCUT2D eigenvalue weighted by molar-refractivity contribution is 6.30. The molecule has 1 atom stereocenters. The summed E-state index contributed by atoms with van der Waals surface area (Å²) < 4.78 is 5.89. The number of carbonyl (C=O) groups is 1. The summed E-state index contributed by atoms with van der Waals surface area (Å²) in [6.45, 7) is 4.24. The molecule has 2 aromatic carbocycles. The molecule has 1 aliphatic rings. The van der Waals surface area contributed by atoms with Crippen molar-refractivity contribution in [2.45, 2.75) is 38.2 Å². The van der Waals surface area contributed by atoms with Gasteiger partial charge in [-0.2, -0.15) is 0 Å². The molecule has 1 aliphatic heterocycles. The SMILES string of the molecule is CC(C)c1ccc2c(c1)CC(Cc1ccc(Cl)cc1)(C(=O)O)O2. The maximum Gasteiger partial charge on any atom is 0.348 e. The van der Waals surface area contributed by atoms with E-state index in [4.69, 9.17) is 16.3 Å². The van der Waals surface area contributed by atoms with E-state index in [0.717, 1.165) is 11.1 Å². The molecule has 0 aromatic heterocycles. The van der Waals surface area contributed by atoms with Crippen molar-refractivity contribution >= 4 is 17.6 Å². The number of ether oxygens (including phenoxy) is 1. The Kier molecular flexibility index (Phi) is 4.07. The van der Waals surface area contributed by atoms with Crippen LogP contribution in [0.4, 0.5) is 0 Å². The zero-order valence-electron chi connectivity index (χ0n) is 13.2. The number of hydrogen-bond donors (Lipinski definition) is 1. The van der Waals surface area contributed by atoms with Crippen LogP contribution in [-0.2, 0) is 17.6 Å². The number of carboxylic acids is 1. The smallest absolute Gasteiger partial charge is 0.348 e. The summed E-state index contributed by atoms with van der Waals surface area (Å²) >= 11 is 5.90. The maximum atomic E-state index is 11.9. The minimum Gasteiger partial charge on any atom is -0.478 e. The van der Waals surface area contributed by atoms with Gasteiger partial charge in [-0.1, -0.05) is 49.7 Å². The van der Waals surface area contributed by atoms with E-state index in [1.54, 1.807) is 12.1 Å². The Labute approximate surface area is 140 Å². The van der Waals surface area contributed by atoms with E-state index in [9.17, 15) is 9.90 Å². The molecule has 23 heavy (non-hydrogen) atoms. The Morgan fingerprint density at radius 2 is 1.96 bits per heavy atom. The summed E-state index contributed by atoms with van der Waals surface area (Å²) in [5, 5.41) is 10.4. The molecule has 4 heteroatoms. The van der Waals surface area contributed by atoms with Gasteiger partial charge >= 0.3 is 5.97 Å². The van der Waals surface area contributed by atoms with Crippen LogP contribution in [0, 0.1) is 0 Å². The second-order valence-corrected chi connectivity index (χ2v) is 6.84. The fourth-order valence-corrected chi connectivity index (χ4v) is 3.10. The summed E-state index contributed by atoms with van der Waals surface area (Å²) in [5.74, 6) is 0.136. The molecule has 1 N–H and O–H groups in total. The molecule has 120 valence electrons. The first-order chi connectivity index (χ1) is 10.9. The molecule has 1 unspecified atom stereocenters. The van der Waals surface area contributed by atoms with Crippen molar-refractivity contribution < 1.29 is 14.6 Å². The molecule has 0 amide bonds. The molecular weight excluding hydrogens is 312 g/mol. The molecule has 0 aliphatic carbocycles. The largest absolute Gasteiger partial charge is 0.478 e. The summed E-state index contributed by atoms with van der Waals surface area (Å²) in [4.78, 5) is 11.9. The van der Waals surface area contributed by atoms with Crippen molar-refractivity contribution in [2.75, 3.05) is 0 Å². The molecule has 3 rings (SSSR count). The number of rotatable bonds is 4. The summed E-state index contributed by atoms with van der Waals surface area (Å²) in [7, 11) is 0. The molecular formula is C19H19ClO3. The lowest BCUT2D eigenvalue weighted by Gasteiger charge is -2.24. The van der Waals surface area contributed by atoms with Gasteiger partial charge in [0.1, 0.15) is 5.75 Å². The zero-order chi connectivity index (χ0) is 16.6. The van der Waals surface area contributed by atoms with Crippen molar-refractivity contribution in [2.24, 2.45) is 0 Å². The van der Waals surface area contributed by atoms with Crippen LogP contribution in [0.15, 0.2) is 42.5 Å². The van der Waals surface area contributed by atoms with Crippen LogP contribution in [0.2, 0.25) is 5.02 Å². The highest BCUT2D eigenvalue weighted by Gasteiger charge is 2.46. The van der Waals surface area contributed by atoms with Crippen LogP contribution in [0.3, 0.4) is 0 Å². The molecule has 2 aromatic rings. The fraction of sp³-hybridized carbons (Fsp3) is 0.316.